The third-order valence-corrected chi connectivity index (χ3v) is 4.80. The van der Waals surface area contributed by atoms with E-state index in [4.69, 9.17) is 28.9 Å². The van der Waals surface area contributed by atoms with Crippen molar-refractivity contribution in [2.24, 2.45) is 5.73 Å². The lowest BCUT2D eigenvalue weighted by Gasteiger charge is -2.08. The summed E-state index contributed by atoms with van der Waals surface area (Å²) in [5.41, 5.74) is 8.88. The highest BCUT2D eigenvalue weighted by atomic mass is 35.5. The van der Waals surface area contributed by atoms with Gasteiger partial charge in [0.15, 0.2) is 0 Å². The monoisotopic (exact) mass is 424 g/mol. The number of nitrogens with one attached hydrogen (secondary N) is 2. The lowest BCUT2D eigenvalue weighted by Crippen LogP contribution is -2.11. The van der Waals surface area contributed by atoms with E-state index in [1.54, 1.807) is 54.6 Å². The number of aromatic amines is 1. The van der Waals surface area contributed by atoms with Crippen LogP contribution in [0.2, 0.25) is 10.0 Å². The number of amides is 2. The average molecular weight is 425 g/mol. The van der Waals surface area contributed by atoms with Gasteiger partial charge in [-0.3, -0.25) is 14.7 Å². The summed E-state index contributed by atoms with van der Waals surface area (Å²) in [6.45, 7) is 0. The molecule has 0 bridgehead atoms. The molecule has 1 aromatic heterocycles. The highest BCUT2D eigenvalue weighted by Crippen LogP contribution is 2.29. The third-order valence-electron chi connectivity index (χ3n) is 4.37. The molecular formula is C21H14Cl2N4O2. The fraction of sp³-hybridized carbons (Fsp3) is 0. The largest absolute Gasteiger partial charge is 0.366 e. The molecule has 0 radical (unpaired) electrons. The molecule has 144 valence electrons. The van der Waals surface area contributed by atoms with Crippen molar-refractivity contribution in [2.75, 3.05) is 5.32 Å². The van der Waals surface area contributed by atoms with Crippen LogP contribution in [0.4, 0.5) is 5.69 Å². The molecule has 0 aliphatic carbocycles. The fourth-order valence-corrected chi connectivity index (χ4v) is 3.55. The Morgan fingerprint density at radius 1 is 0.931 bits per heavy atom. The van der Waals surface area contributed by atoms with Gasteiger partial charge >= 0.3 is 0 Å². The minimum atomic E-state index is -0.514. The molecule has 3 aromatic carbocycles. The lowest BCUT2D eigenvalue weighted by atomic mass is 10.0. The summed E-state index contributed by atoms with van der Waals surface area (Å²) < 4.78 is 0. The Labute approximate surface area is 175 Å². The summed E-state index contributed by atoms with van der Waals surface area (Å²) >= 11 is 11.9. The van der Waals surface area contributed by atoms with Gasteiger partial charge in [0.25, 0.3) is 5.91 Å². The Bertz CT molecular complexity index is 1250. The van der Waals surface area contributed by atoms with Gasteiger partial charge in [0.1, 0.15) is 0 Å². The molecule has 0 unspecified atom stereocenters. The fourth-order valence-electron chi connectivity index (χ4n) is 3.02. The van der Waals surface area contributed by atoms with Crippen molar-refractivity contribution in [2.45, 2.75) is 0 Å². The normalized spacial score (nSPS) is 10.8. The molecule has 2 amide bonds. The predicted octanol–water partition coefficient (Wildman–Crippen LogP) is 4.89. The molecule has 0 saturated heterocycles. The number of benzene rings is 3. The zero-order valence-electron chi connectivity index (χ0n) is 14.9. The maximum atomic E-state index is 12.5. The lowest BCUT2D eigenvalue weighted by molar-refractivity contribution is 0.0997. The summed E-state index contributed by atoms with van der Waals surface area (Å²) in [6, 6.07) is 16.9. The Balaban J connectivity index is 1.67. The molecule has 4 N–H and O–H groups in total. The number of nitrogens with two attached hydrogens (primary N) is 1. The Hall–Kier alpha value is -3.35. The first-order chi connectivity index (χ1) is 13.9. The van der Waals surface area contributed by atoms with Crippen LogP contribution in [-0.4, -0.2) is 22.0 Å². The van der Waals surface area contributed by atoms with Crippen LogP contribution >= 0.6 is 23.2 Å². The van der Waals surface area contributed by atoms with Crippen LogP contribution in [0.25, 0.3) is 22.2 Å². The SMILES string of the molecule is NC(=O)c1ccc2[nH]nc(-c3cccc(NC(=O)c4cc(Cl)cc(Cl)c4)c3)c2c1. The maximum Gasteiger partial charge on any atom is 0.255 e. The standard InChI is InChI=1S/C21H14Cl2N4O2/c22-14-6-13(7-15(23)10-14)21(29)25-16-3-1-2-11(8-16)19-17-9-12(20(24)28)4-5-18(17)26-27-19/h1-10H,(H2,24,28)(H,25,29)(H,26,27). The molecular weight excluding hydrogens is 411 g/mol. The first kappa shape index (κ1) is 19.0. The number of nitrogens with zero attached hydrogens (tertiary/aromatic N) is 1. The van der Waals surface area contributed by atoms with Gasteiger partial charge in [-0.1, -0.05) is 35.3 Å². The van der Waals surface area contributed by atoms with Crippen molar-refractivity contribution in [1.82, 2.24) is 10.2 Å². The average Bonchev–Trinajstić information content (AvgIpc) is 3.10. The van der Waals surface area contributed by atoms with Crippen molar-refractivity contribution in [3.05, 3.63) is 81.8 Å². The molecule has 0 saturated carbocycles. The zero-order valence-corrected chi connectivity index (χ0v) is 16.4. The second-order valence-electron chi connectivity index (χ2n) is 6.39. The van der Waals surface area contributed by atoms with Gasteiger partial charge in [0.05, 0.1) is 11.2 Å². The van der Waals surface area contributed by atoms with Crippen LogP contribution in [0.5, 0.6) is 0 Å². The van der Waals surface area contributed by atoms with Gasteiger partial charge < -0.3 is 11.1 Å². The first-order valence-corrected chi connectivity index (χ1v) is 9.32. The van der Waals surface area contributed by atoms with Gasteiger partial charge in [-0.25, -0.2) is 0 Å². The number of hydrogen-bond acceptors (Lipinski definition) is 3. The minimum absolute atomic E-state index is 0.338. The second kappa shape index (κ2) is 7.58. The van der Waals surface area contributed by atoms with Crippen LogP contribution < -0.4 is 11.1 Å². The van der Waals surface area contributed by atoms with Gasteiger partial charge in [0.2, 0.25) is 5.91 Å². The van der Waals surface area contributed by atoms with Gasteiger partial charge in [-0.05, 0) is 48.5 Å². The van der Waals surface area contributed by atoms with E-state index < -0.39 is 5.91 Å². The van der Waals surface area contributed by atoms with E-state index in [1.165, 1.54) is 0 Å². The minimum Gasteiger partial charge on any atom is -0.366 e. The second-order valence-corrected chi connectivity index (χ2v) is 7.26. The van der Waals surface area contributed by atoms with Crippen molar-refractivity contribution < 1.29 is 9.59 Å². The first-order valence-electron chi connectivity index (χ1n) is 8.56. The summed E-state index contributed by atoms with van der Waals surface area (Å²) in [7, 11) is 0. The topological polar surface area (TPSA) is 101 Å². The summed E-state index contributed by atoms with van der Waals surface area (Å²) in [5, 5.41) is 11.6. The molecule has 4 rings (SSSR count). The van der Waals surface area contributed by atoms with Gasteiger partial charge in [-0.15, -0.1) is 0 Å². The molecule has 8 heteroatoms. The van der Waals surface area contributed by atoms with E-state index in [0.29, 0.717) is 32.6 Å². The third kappa shape index (κ3) is 3.94. The number of carbonyl (C=O) groups is 2. The number of rotatable bonds is 4. The number of anilines is 1. The van der Waals surface area contributed by atoms with E-state index in [9.17, 15) is 9.59 Å². The number of carbonyl (C=O) groups excluding carboxylic acids is 2. The van der Waals surface area contributed by atoms with Crippen molar-refractivity contribution in [3.63, 3.8) is 0 Å². The molecule has 29 heavy (non-hydrogen) atoms. The number of primary amides is 1. The van der Waals surface area contributed by atoms with Crippen LogP contribution in [-0.2, 0) is 0 Å². The molecule has 6 nitrogen and oxygen atoms in total. The van der Waals surface area contributed by atoms with Crippen LogP contribution in [0.3, 0.4) is 0 Å². The molecule has 0 fully saturated rings. The van der Waals surface area contributed by atoms with E-state index in [2.05, 4.69) is 15.5 Å². The van der Waals surface area contributed by atoms with Crippen LogP contribution in [0.1, 0.15) is 20.7 Å². The molecule has 0 aliphatic heterocycles. The van der Waals surface area contributed by atoms with Crippen molar-refractivity contribution >= 4 is 51.6 Å². The number of H-pyrrole nitrogens is 1. The zero-order chi connectivity index (χ0) is 20.5. The Morgan fingerprint density at radius 2 is 1.69 bits per heavy atom. The van der Waals surface area contributed by atoms with E-state index >= 15 is 0 Å². The molecule has 0 spiro atoms. The van der Waals surface area contributed by atoms with Crippen molar-refractivity contribution in [3.8, 4) is 11.3 Å². The van der Waals surface area contributed by atoms with Crippen LogP contribution in [0, 0.1) is 0 Å². The summed E-state index contributed by atoms with van der Waals surface area (Å²) in [4.78, 5) is 24.0. The molecule has 0 atom stereocenters. The maximum absolute atomic E-state index is 12.5. The Kier molecular flexibility index (Phi) is 4.96. The van der Waals surface area contributed by atoms with Gasteiger partial charge in [0, 0.05) is 37.8 Å². The predicted molar refractivity (Wildman–Crippen MR) is 114 cm³/mol. The quantitative estimate of drug-likeness (QED) is 0.434. The highest BCUT2D eigenvalue weighted by molar-refractivity contribution is 6.35. The summed E-state index contributed by atoms with van der Waals surface area (Å²) in [6.07, 6.45) is 0. The summed E-state index contributed by atoms with van der Waals surface area (Å²) in [5.74, 6) is -0.852. The smallest absolute Gasteiger partial charge is 0.255 e. The number of halogens is 2. The van der Waals surface area contributed by atoms with E-state index in [-0.39, 0.29) is 5.91 Å². The highest BCUT2D eigenvalue weighted by Gasteiger charge is 2.13. The number of aromatic nitrogens is 2. The number of fused-ring (bicyclic) bond motifs is 1. The van der Waals surface area contributed by atoms with Crippen LogP contribution in [0.15, 0.2) is 60.7 Å². The van der Waals surface area contributed by atoms with Gasteiger partial charge in [-0.2, -0.15) is 5.10 Å². The van der Waals surface area contributed by atoms with E-state index in [0.717, 1.165) is 16.5 Å². The Morgan fingerprint density at radius 3 is 2.41 bits per heavy atom. The van der Waals surface area contributed by atoms with Crippen molar-refractivity contribution in [1.29, 1.82) is 0 Å². The molecule has 0 aliphatic rings. The number of hydrogen-bond donors (Lipinski definition) is 3. The van der Waals surface area contributed by atoms with E-state index in [1.807, 2.05) is 6.07 Å². The molecule has 1 heterocycles. The molecule has 4 aromatic rings.